The van der Waals surface area contributed by atoms with Crippen molar-refractivity contribution in [2.45, 2.75) is 13.1 Å². The highest BCUT2D eigenvalue weighted by molar-refractivity contribution is 6.30. The van der Waals surface area contributed by atoms with Crippen molar-refractivity contribution in [3.63, 3.8) is 0 Å². The van der Waals surface area contributed by atoms with Gasteiger partial charge in [-0.15, -0.1) is 0 Å². The van der Waals surface area contributed by atoms with Crippen LogP contribution >= 0.6 is 11.6 Å². The Hall–Kier alpha value is -3.41. The Labute approximate surface area is 165 Å². The number of ether oxygens (including phenoxy) is 1. The molecule has 0 radical (unpaired) electrons. The van der Waals surface area contributed by atoms with E-state index in [0.717, 1.165) is 12.1 Å². The van der Waals surface area contributed by atoms with E-state index in [4.69, 9.17) is 11.6 Å². The number of carbonyl (C=O) groups is 1. The summed E-state index contributed by atoms with van der Waals surface area (Å²) in [4.78, 5) is 32.3. The summed E-state index contributed by atoms with van der Waals surface area (Å²) < 4.78 is 45.0. The predicted molar refractivity (Wildman–Crippen MR) is 94.9 cm³/mol. The van der Waals surface area contributed by atoms with Crippen molar-refractivity contribution in [3.05, 3.63) is 61.1 Å². The lowest BCUT2D eigenvalue weighted by atomic mass is 9.97. The number of hydrogen-bond acceptors (Lipinski definition) is 6. The van der Waals surface area contributed by atoms with E-state index in [2.05, 4.69) is 4.74 Å². The minimum Gasteiger partial charge on any atom is -0.402 e. The first-order chi connectivity index (χ1) is 13.5. The van der Waals surface area contributed by atoms with Crippen LogP contribution in [0.2, 0.25) is 5.02 Å². The number of amides is 1. The average Bonchev–Trinajstić information content (AvgIpc) is 2.60. The van der Waals surface area contributed by atoms with Gasteiger partial charge in [-0.25, -0.2) is 4.79 Å². The molecule has 0 aliphatic carbocycles. The van der Waals surface area contributed by atoms with E-state index >= 15 is 0 Å². The fourth-order valence-corrected chi connectivity index (χ4v) is 2.57. The molecule has 0 unspecified atom stereocenters. The van der Waals surface area contributed by atoms with E-state index in [1.165, 1.54) is 19.1 Å². The van der Waals surface area contributed by atoms with Crippen LogP contribution in [0.3, 0.4) is 0 Å². The molecule has 0 atom stereocenters. The molecule has 0 saturated heterocycles. The van der Waals surface area contributed by atoms with E-state index < -0.39 is 50.4 Å². The maximum atomic E-state index is 13.5. The van der Waals surface area contributed by atoms with E-state index in [-0.39, 0.29) is 23.2 Å². The molecular formula is C16H11ClF3N3O6. The van der Waals surface area contributed by atoms with Gasteiger partial charge < -0.3 is 10.1 Å². The van der Waals surface area contributed by atoms with Crippen LogP contribution in [0.15, 0.2) is 30.3 Å². The van der Waals surface area contributed by atoms with Crippen LogP contribution < -0.4 is 10.1 Å². The molecule has 1 N–H and O–H groups in total. The number of hydrogen-bond donors (Lipinski definition) is 1. The van der Waals surface area contributed by atoms with E-state index in [1.54, 1.807) is 0 Å². The van der Waals surface area contributed by atoms with Gasteiger partial charge in [0.25, 0.3) is 5.69 Å². The van der Waals surface area contributed by atoms with E-state index in [0.29, 0.717) is 0 Å². The van der Waals surface area contributed by atoms with Gasteiger partial charge in [-0.05, 0) is 24.6 Å². The molecule has 9 nitrogen and oxygen atoms in total. The Morgan fingerprint density at radius 1 is 1.17 bits per heavy atom. The van der Waals surface area contributed by atoms with Crippen LogP contribution in [-0.2, 0) is 6.18 Å². The van der Waals surface area contributed by atoms with Crippen molar-refractivity contribution in [1.29, 1.82) is 0 Å². The zero-order valence-electron chi connectivity index (χ0n) is 14.4. The first kappa shape index (κ1) is 21.9. The summed E-state index contributed by atoms with van der Waals surface area (Å²) in [6.45, 7) is 1.40. The van der Waals surface area contributed by atoms with Crippen LogP contribution in [0.1, 0.15) is 12.5 Å². The topological polar surface area (TPSA) is 125 Å². The van der Waals surface area contributed by atoms with Crippen molar-refractivity contribution in [2.24, 2.45) is 0 Å². The number of rotatable bonds is 5. The number of benzene rings is 2. The van der Waals surface area contributed by atoms with Gasteiger partial charge in [-0.2, -0.15) is 13.2 Å². The Kier molecular flexibility index (Phi) is 6.27. The van der Waals surface area contributed by atoms with Crippen molar-refractivity contribution >= 4 is 29.1 Å². The van der Waals surface area contributed by atoms with E-state index in [1.807, 2.05) is 5.32 Å². The molecule has 2 aromatic carbocycles. The smallest absolute Gasteiger partial charge is 0.402 e. The van der Waals surface area contributed by atoms with Crippen LogP contribution in [-0.4, -0.2) is 22.5 Å². The highest BCUT2D eigenvalue weighted by Crippen LogP contribution is 2.50. The third-order valence-corrected chi connectivity index (χ3v) is 3.82. The monoisotopic (exact) mass is 433 g/mol. The third-order valence-electron chi connectivity index (χ3n) is 3.57. The standard InChI is InChI=1S/C16H11ClF3N3O6/c1-2-21-15(24)29-14-10(16(18,19)20)7-11(22(25)26)12(13(14)23(27)28)8-3-5-9(17)6-4-8/h3-7H,2H2,1H3,(H,21,24). The van der Waals surface area contributed by atoms with Gasteiger partial charge in [-0.3, -0.25) is 20.2 Å². The highest BCUT2D eigenvalue weighted by atomic mass is 35.5. The molecule has 0 aliphatic heterocycles. The molecule has 13 heteroatoms. The molecule has 0 aromatic heterocycles. The summed E-state index contributed by atoms with van der Waals surface area (Å²) in [6, 6.07) is 4.88. The Bertz CT molecular complexity index is 979. The zero-order chi connectivity index (χ0) is 21.9. The first-order valence-corrected chi connectivity index (χ1v) is 8.13. The minimum absolute atomic E-state index is 0.0367. The fourth-order valence-electron chi connectivity index (χ4n) is 2.44. The highest BCUT2D eigenvalue weighted by Gasteiger charge is 2.44. The molecule has 0 fully saturated rings. The van der Waals surface area contributed by atoms with Crippen molar-refractivity contribution in [1.82, 2.24) is 5.32 Å². The van der Waals surface area contributed by atoms with Gasteiger partial charge in [0.1, 0.15) is 11.1 Å². The maximum absolute atomic E-state index is 13.5. The van der Waals surface area contributed by atoms with Crippen molar-refractivity contribution in [2.75, 3.05) is 6.54 Å². The van der Waals surface area contributed by atoms with Gasteiger partial charge in [0, 0.05) is 17.6 Å². The second-order valence-corrected chi connectivity index (χ2v) is 5.87. The summed E-state index contributed by atoms with van der Waals surface area (Å²) in [7, 11) is 0. The number of carbonyl (C=O) groups excluding carboxylic acids is 1. The lowest BCUT2D eigenvalue weighted by molar-refractivity contribution is -0.393. The Balaban J connectivity index is 2.97. The molecule has 0 spiro atoms. The number of nitro groups is 2. The first-order valence-electron chi connectivity index (χ1n) is 7.76. The van der Waals surface area contributed by atoms with Gasteiger partial charge in [0.2, 0.25) is 5.75 Å². The number of halogens is 4. The predicted octanol–water partition coefficient (Wildman–Crippen LogP) is 4.95. The quantitative estimate of drug-likeness (QED) is 0.525. The van der Waals surface area contributed by atoms with E-state index in [9.17, 15) is 38.2 Å². The third kappa shape index (κ3) is 4.71. The van der Waals surface area contributed by atoms with Gasteiger partial charge in [-0.1, -0.05) is 23.7 Å². The lowest BCUT2D eigenvalue weighted by Gasteiger charge is -2.16. The summed E-state index contributed by atoms with van der Waals surface area (Å²) in [5, 5.41) is 25.3. The van der Waals surface area contributed by atoms with Gasteiger partial charge in [0.05, 0.1) is 9.85 Å². The number of nitrogens with one attached hydrogen (secondary N) is 1. The minimum atomic E-state index is -5.28. The number of nitrogens with zero attached hydrogens (tertiary/aromatic N) is 2. The SMILES string of the molecule is CCNC(=O)Oc1c(C(F)(F)F)cc([N+](=O)[O-])c(-c2ccc(Cl)cc2)c1[N+](=O)[O-]. The summed E-state index contributed by atoms with van der Waals surface area (Å²) in [6.07, 6.45) is -6.67. The molecule has 154 valence electrons. The fraction of sp³-hybridized carbons (Fsp3) is 0.188. The molecule has 0 aliphatic rings. The summed E-state index contributed by atoms with van der Waals surface area (Å²) >= 11 is 5.73. The summed E-state index contributed by atoms with van der Waals surface area (Å²) in [5.74, 6) is -1.45. The molecular weight excluding hydrogens is 423 g/mol. The lowest BCUT2D eigenvalue weighted by Crippen LogP contribution is -2.27. The van der Waals surface area contributed by atoms with Crippen molar-refractivity contribution < 1.29 is 32.5 Å². The normalized spacial score (nSPS) is 11.1. The zero-order valence-corrected chi connectivity index (χ0v) is 15.2. The van der Waals surface area contributed by atoms with Gasteiger partial charge >= 0.3 is 18.0 Å². The molecule has 0 saturated carbocycles. The van der Waals surface area contributed by atoms with Crippen LogP contribution in [0.4, 0.5) is 29.3 Å². The van der Waals surface area contributed by atoms with Crippen LogP contribution in [0, 0.1) is 20.2 Å². The number of alkyl halides is 3. The molecule has 0 heterocycles. The molecule has 29 heavy (non-hydrogen) atoms. The Morgan fingerprint density at radius 3 is 2.21 bits per heavy atom. The maximum Gasteiger partial charge on any atom is 0.420 e. The Morgan fingerprint density at radius 2 is 1.76 bits per heavy atom. The van der Waals surface area contributed by atoms with Crippen molar-refractivity contribution in [3.8, 4) is 16.9 Å². The molecule has 0 bridgehead atoms. The van der Waals surface area contributed by atoms with Crippen LogP contribution in [0.25, 0.3) is 11.1 Å². The molecule has 2 rings (SSSR count). The molecule has 1 amide bonds. The van der Waals surface area contributed by atoms with Gasteiger partial charge in [0.15, 0.2) is 0 Å². The summed E-state index contributed by atoms with van der Waals surface area (Å²) in [5.41, 5.74) is -5.32. The van der Waals surface area contributed by atoms with Crippen LogP contribution in [0.5, 0.6) is 5.75 Å². The molecule has 2 aromatic rings. The average molecular weight is 434 g/mol. The second-order valence-electron chi connectivity index (χ2n) is 5.43. The second kappa shape index (κ2) is 8.31. The number of nitro benzene ring substituents is 2. The largest absolute Gasteiger partial charge is 0.420 e.